The van der Waals surface area contributed by atoms with E-state index in [1.807, 2.05) is 6.92 Å². The Labute approximate surface area is 149 Å². The second-order valence-electron chi connectivity index (χ2n) is 5.72. The molecule has 0 saturated heterocycles. The molecule has 1 unspecified atom stereocenters. The van der Waals surface area contributed by atoms with Gasteiger partial charge in [0.2, 0.25) is 5.95 Å². The van der Waals surface area contributed by atoms with Gasteiger partial charge in [0.05, 0.1) is 12.2 Å². The first-order chi connectivity index (χ1) is 12.0. The second kappa shape index (κ2) is 7.23. The first kappa shape index (κ1) is 17.4. The van der Waals surface area contributed by atoms with Gasteiger partial charge in [0, 0.05) is 16.3 Å². The lowest BCUT2D eigenvalue weighted by Gasteiger charge is -2.28. The van der Waals surface area contributed by atoms with E-state index in [4.69, 9.17) is 16.3 Å². The highest BCUT2D eigenvalue weighted by Gasteiger charge is 2.37. The lowest BCUT2D eigenvalue weighted by atomic mass is 9.95. The highest BCUT2D eigenvalue weighted by molar-refractivity contribution is 6.31. The number of rotatable bonds is 5. The fourth-order valence-electron chi connectivity index (χ4n) is 2.78. The highest BCUT2D eigenvalue weighted by Crippen LogP contribution is 2.39. The molecule has 1 aromatic carbocycles. The molecule has 8 heteroatoms. The summed E-state index contributed by atoms with van der Waals surface area (Å²) >= 11 is 6.24. The first-order valence-electron chi connectivity index (χ1n) is 8.03. The Morgan fingerprint density at radius 1 is 1.48 bits per heavy atom. The summed E-state index contributed by atoms with van der Waals surface area (Å²) in [5, 5.41) is 7.35. The molecule has 0 amide bonds. The standard InChI is InChI=1S/C17H18ClFN4O2/c1-3-4-8-25-16(24)13-10(2)22-17-20-9-21-23(17)15(13)14-11(18)6-5-7-12(14)19/h5-7,9,15H,3-4,8H2,1-2H3,(H,20,21,22). The number of anilines is 1. The third kappa shape index (κ3) is 3.24. The molecule has 1 aliphatic heterocycles. The fourth-order valence-corrected chi connectivity index (χ4v) is 3.05. The molecule has 0 fully saturated rings. The molecule has 3 rings (SSSR count). The average molecular weight is 365 g/mol. The van der Waals surface area contributed by atoms with E-state index >= 15 is 0 Å². The van der Waals surface area contributed by atoms with Gasteiger partial charge >= 0.3 is 5.97 Å². The van der Waals surface area contributed by atoms with E-state index in [2.05, 4.69) is 15.4 Å². The van der Waals surface area contributed by atoms with Gasteiger partial charge in [-0.1, -0.05) is 31.0 Å². The van der Waals surface area contributed by atoms with Crippen LogP contribution in [0.3, 0.4) is 0 Å². The number of halogens is 2. The topological polar surface area (TPSA) is 69.0 Å². The zero-order valence-electron chi connectivity index (χ0n) is 13.9. The summed E-state index contributed by atoms with van der Waals surface area (Å²) in [6, 6.07) is 3.55. The number of nitrogens with one attached hydrogen (secondary N) is 1. The molecule has 1 aromatic heterocycles. The minimum absolute atomic E-state index is 0.166. The number of nitrogens with zero attached hydrogens (tertiary/aromatic N) is 3. The van der Waals surface area contributed by atoms with Crippen LogP contribution in [0.1, 0.15) is 38.3 Å². The molecule has 1 N–H and O–H groups in total. The van der Waals surface area contributed by atoms with Crippen LogP contribution in [0.4, 0.5) is 10.3 Å². The van der Waals surface area contributed by atoms with E-state index in [1.165, 1.54) is 23.1 Å². The Hall–Kier alpha value is -2.41. The van der Waals surface area contributed by atoms with E-state index < -0.39 is 17.8 Å². The second-order valence-corrected chi connectivity index (χ2v) is 6.13. The van der Waals surface area contributed by atoms with Crippen molar-refractivity contribution < 1.29 is 13.9 Å². The van der Waals surface area contributed by atoms with E-state index in [0.717, 1.165) is 12.8 Å². The molecule has 132 valence electrons. The van der Waals surface area contributed by atoms with Crippen molar-refractivity contribution >= 4 is 23.5 Å². The Bertz CT molecular complexity index is 814. The van der Waals surface area contributed by atoms with Crippen LogP contribution >= 0.6 is 11.6 Å². The molecule has 0 bridgehead atoms. The normalized spacial score (nSPS) is 16.4. The van der Waals surface area contributed by atoms with Crippen molar-refractivity contribution in [3.63, 3.8) is 0 Å². The summed E-state index contributed by atoms with van der Waals surface area (Å²) in [5.41, 5.74) is 0.964. The molecule has 2 heterocycles. The molecule has 0 saturated carbocycles. The predicted octanol–water partition coefficient (Wildman–Crippen LogP) is 3.70. The van der Waals surface area contributed by atoms with E-state index in [-0.39, 0.29) is 16.2 Å². The van der Waals surface area contributed by atoms with Gasteiger partial charge in [0.1, 0.15) is 18.2 Å². The highest BCUT2D eigenvalue weighted by atomic mass is 35.5. The first-order valence-corrected chi connectivity index (χ1v) is 8.40. The average Bonchev–Trinajstić information content (AvgIpc) is 3.02. The maximum Gasteiger partial charge on any atom is 0.338 e. The number of allylic oxidation sites excluding steroid dienone is 1. The van der Waals surface area contributed by atoms with Gasteiger partial charge in [-0.25, -0.2) is 13.9 Å². The largest absolute Gasteiger partial charge is 0.462 e. The van der Waals surface area contributed by atoms with Gasteiger partial charge < -0.3 is 10.1 Å². The van der Waals surface area contributed by atoms with Crippen molar-refractivity contribution in [1.29, 1.82) is 0 Å². The van der Waals surface area contributed by atoms with Crippen LogP contribution in [-0.2, 0) is 9.53 Å². The maximum atomic E-state index is 14.6. The fraction of sp³-hybridized carbons (Fsp3) is 0.353. The predicted molar refractivity (Wildman–Crippen MR) is 91.8 cm³/mol. The molecule has 0 spiro atoms. The number of ether oxygens (including phenoxy) is 1. The number of carbonyl (C=O) groups excluding carboxylic acids is 1. The van der Waals surface area contributed by atoms with E-state index in [1.54, 1.807) is 13.0 Å². The third-order valence-corrected chi connectivity index (χ3v) is 4.35. The van der Waals surface area contributed by atoms with Crippen LogP contribution in [-0.4, -0.2) is 27.3 Å². The summed E-state index contributed by atoms with van der Waals surface area (Å²) < 4.78 is 21.4. The van der Waals surface area contributed by atoms with Crippen LogP contribution in [0, 0.1) is 5.82 Å². The number of aromatic nitrogens is 3. The molecule has 6 nitrogen and oxygen atoms in total. The number of hydrogen-bond acceptors (Lipinski definition) is 5. The molecule has 2 aromatic rings. The van der Waals surface area contributed by atoms with Gasteiger partial charge in [-0.05, 0) is 25.5 Å². The molecule has 0 radical (unpaired) electrons. The lowest BCUT2D eigenvalue weighted by Crippen LogP contribution is -2.30. The van der Waals surface area contributed by atoms with E-state index in [9.17, 15) is 9.18 Å². The van der Waals surface area contributed by atoms with Crippen molar-refractivity contribution in [2.75, 3.05) is 11.9 Å². The van der Waals surface area contributed by atoms with Crippen LogP contribution in [0.2, 0.25) is 5.02 Å². The molecule has 25 heavy (non-hydrogen) atoms. The lowest BCUT2D eigenvalue weighted by molar-refractivity contribution is -0.139. The van der Waals surface area contributed by atoms with Crippen molar-refractivity contribution in [1.82, 2.24) is 14.8 Å². The molecule has 0 aliphatic carbocycles. The Kier molecular flexibility index (Phi) is 5.03. The Balaban J connectivity index is 2.09. The summed E-state index contributed by atoms with van der Waals surface area (Å²) in [6.07, 6.45) is 2.99. The zero-order chi connectivity index (χ0) is 18.0. The van der Waals surface area contributed by atoms with Gasteiger partial charge in [0.15, 0.2) is 0 Å². The summed E-state index contributed by atoms with van der Waals surface area (Å²) in [6.45, 7) is 4.02. The molecule has 1 aliphatic rings. The van der Waals surface area contributed by atoms with E-state index in [0.29, 0.717) is 18.3 Å². The quantitative estimate of drug-likeness (QED) is 0.647. The smallest absolute Gasteiger partial charge is 0.338 e. The number of esters is 1. The molecule has 1 atom stereocenters. The minimum Gasteiger partial charge on any atom is -0.462 e. The monoisotopic (exact) mass is 364 g/mol. The Morgan fingerprint density at radius 3 is 3.00 bits per heavy atom. The number of fused-ring (bicyclic) bond motifs is 1. The van der Waals surface area contributed by atoms with Crippen molar-refractivity contribution in [3.8, 4) is 0 Å². The minimum atomic E-state index is -0.846. The van der Waals surface area contributed by atoms with Crippen LogP contribution < -0.4 is 5.32 Å². The molecular weight excluding hydrogens is 347 g/mol. The number of unbranched alkanes of at least 4 members (excludes halogenated alkanes) is 1. The van der Waals surface area contributed by atoms with Gasteiger partial charge in [-0.3, -0.25) is 0 Å². The SMILES string of the molecule is CCCCOC(=O)C1=C(C)Nc2ncnn2C1c1c(F)cccc1Cl. The number of carbonyl (C=O) groups is 1. The number of hydrogen-bond donors (Lipinski definition) is 1. The molecular formula is C17H18ClFN4O2. The van der Waals surface area contributed by atoms with Crippen molar-refractivity contribution in [2.45, 2.75) is 32.7 Å². The van der Waals surface area contributed by atoms with Crippen LogP contribution in [0.25, 0.3) is 0 Å². The third-order valence-electron chi connectivity index (χ3n) is 4.02. The van der Waals surface area contributed by atoms with Crippen LogP contribution in [0.5, 0.6) is 0 Å². The van der Waals surface area contributed by atoms with Gasteiger partial charge in [-0.2, -0.15) is 10.1 Å². The summed E-state index contributed by atoms with van der Waals surface area (Å²) in [4.78, 5) is 16.8. The Morgan fingerprint density at radius 2 is 2.28 bits per heavy atom. The summed E-state index contributed by atoms with van der Waals surface area (Å²) in [7, 11) is 0. The van der Waals surface area contributed by atoms with Crippen molar-refractivity contribution in [2.24, 2.45) is 0 Å². The van der Waals surface area contributed by atoms with Crippen molar-refractivity contribution in [3.05, 3.63) is 52.2 Å². The zero-order valence-corrected chi connectivity index (χ0v) is 14.7. The maximum absolute atomic E-state index is 14.6. The van der Waals surface area contributed by atoms with Gasteiger partial charge in [0.25, 0.3) is 0 Å². The summed E-state index contributed by atoms with van der Waals surface area (Å²) in [5.74, 6) is -0.636. The van der Waals surface area contributed by atoms with Crippen LogP contribution in [0.15, 0.2) is 35.8 Å². The van der Waals surface area contributed by atoms with Gasteiger partial charge in [-0.15, -0.1) is 0 Å². The number of benzene rings is 1.